The second-order valence-corrected chi connectivity index (χ2v) is 5.26. The molecular weight excluding hydrogens is 254 g/mol. The molecule has 1 N–H and O–H groups in total. The summed E-state index contributed by atoms with van der Waals surface area (Å²) in [6.45, 7) is 0. The van der Waals surface area contributed by atoms with Crippen LogP contribution in [0.1, 0.15) is 31.4 Å². The number of hydrogen-bond donors (Lipinski definition) is 1. The minimum Gasteiger partial charge on any atom is -0.381 e. The molecule has 2 atom stereocenters. The first-order valence-corrected chi connectivity index (χ1v) is 6.97. The molecule has 5 nitrogen and oxygen atoms in total. The Labute approximate surface area is 118 Å². The summed E-state index contributed by atoms with van der Waals surface area (Å²) < 4.78 is 7.21. The molecular formula is C15H19N3O2. The van der Waals surface area contributed by atoms with Crippen molar-refractivity contribution in [2.45, 2.75) is 37.4 Å². The van der Waals surface area contributed by atoms with Crippen LogP contribution >= 0.6 is 0 Å². The molecule has 0 aliphatic heterocycles. The summed E-state index contributed by atoms with van der Waals surface area (Å²) in [6.07, 6.45) is 5.02. The molecule has 0 amide bonds. The van der Waals surface area contributed by atoms with Crippen LogP contribution in [0.5, 0.6) is 0 Å². The van der Waals surface area contributed by atoms with Crippen LogP contribution in [0.3, 0.4) is 0 Å². The van der Waals surface area contributed by atoms with Gasteiger partial charge >= 0.3 is 0 Å². The number of nitrogens with zero attached hydrogens (tertiary/aromatic N) is 3. The highest BCUT2D eigenvalue weighted by molar-refractivity contribution is 5.33. The first-order chi connectivity index (χ1) is 9.75. The van der Waals surface area contributed by atoms with Crippen molar-refractivity contribution in [3.8, 4) is 5.69 Å². The standard InChI is InChI=1S/C15H19N3O2/c1-20-14-9-5-6-10-15(14,19)13-11-16-17-18(13)12-7-3-2-4-8-12/h2-4,7-8,11,14,19H,5-6,9-10H2,1H3. The first kappa shape index (κ1) is 13.3. The van der Waals surface area contributed by atoms with Gasteiger partial charge in [0.05, 0.1) is 23.7 Å². The van der Waals surface area contributed by atoms with E-state index in [2.05, 4.69) is 10.3 Å². The third kappa shape index (κ3) is 2.13. The Morgan fingerprint density at radius 3 is 2.85 bits per heavy atom. The number of benzene rings is 1. The summed E-state index contributed by atoms with van der Waals surface area (Å²) in [7, 11) is 1.65. The van der Waals surface area contributed by atoms with Crippen LogP contribution in [-0.4, -0.2) is 33.3 Å². The Kier molecular flexibility index (Phi) is 3.54. The third-order valence-electron chi connectivity index (χ3n) is 4.09. The summed E-state index contributed by atoms with van der Waals surface area (Å²) in [6, 6.07) is 9.74. The molecule has 2 unspecified atom stereocenters. The van der Waals surface area contributed by atoms with Gasteiger partial charge in [0.25, 0.3) is 0 Å². The van der Waals surface area contributed by atoms with Crippen LogP contribution < -0.4 is 0 Å². The molecule has 1 aromatic heterocycles. The van der Waals surface area contributed by atoms with Crippen LogP contribution in [0.15, 0.2) is 36.5 Å². The Morgan fingerprint density at radius 1 is 1.30 bits per heavy atom. The molecule has 0 saturated heterocycles. The predicted octanol–water partition coefficient (Wildman–Crippen LogP) is 2.04. The number of ether oxygens (including phenoxy) is 1. The molecule has 0 radical (unpaired) electrons. The zero-order valence-corrected chi connectivity index (χ0v) is 11.6. The summed E-state index contributed by atoms with van der Waals surface area (Å²) in [4.78, 5) is 0. The molecule has 1 aromatic carbocycles. The molecule has 1 aliphatic rings. The quantitative estimate of drug-likeness (QED) is 0.929. The molecule has 1 fully saturated rings. The zero-order chi connectivity index (χ0) is 14.0. The van der Waals surface area contributed by atoms with Crippen molar-refractivity contribution >= 4 is 0 Å². The van der Waals surface area contributed by atoms with E-state index in [4.69, 9.17) is 4.74 Å². The van der Waals surface area contributed by atoms with Gasteiger partial charge < -0.3 is 9.84 Å². The van der Waals surface area contributed by atoms with E-state index in [-0.39, 0.29) is 6.10 Å². The Morgan fingerprint density at radius 2 is 2.10 bits per heavy atom. The predicted molar refractivity (Wildman–Crippen MR) is 74.5 cm³/mol. The number of methoxy groups -OCH3 is 1. The third-order valence-corrected chi connectivity index (χ3v) is 4.09. The number of aliphatic hydroxyl groups is 1. The summed E-state index contributed by atoms with van der Waals surface area (Å²) in [5.74, 6) is 0. The average Bonchev–Trinajstić information content (AvgIpc) is 2.99. The maximum atomic E-state index is 11.1. The van der Waals surface area contributed by atoms with E-state index in [0.717, 1.165) is 24.9 Å². The lowest BCUT2D eigenvalue weighted by Crippen LogP contribution is -2.44. The van der Waals surface area contributed by atoms with Crippen LogP contribution in [0.2, 0.25) is 0 Å². The normalized spacial score (nSPS) is 26.6. The molecule has 1 heterocycles. The minimum absolute atomic E-state index is 0.211. The van der Waals surface area contributed by atoms with Crippen LogP contribution in [0.4, 0.5) is 0 Å². The maximum Gasteiger partial charge on any atom is 0.134 e. The van der Waals surface area contributed by atoms with Gasteiger partial charge in [-0.2, -0.15) is 0 Å². The lowest BCUT2D eigenvalue weighted by Gasteiger charge is -2.38. The number of hydrogen-bond acceptors (Lipinski definition) is 4. The van der Waals surface area contributed by atoms with Crippen LogP contribution in [0.25, 0.3) is 5.69 Å². The van der Waals surface area contributed by atoms with Gasteiger partial charge in [-0.3, -0.25) is 0 Å². The molecule has 1 saturated carbocycles. The second kappa shape index (κ2) is 5.34. The van der Waals surface area contributed by atoms with Crippen molar-refractivity contribution in [3.63, 3.8) is 0 Å². The maximum absolute atomic E-state index is 11.1. The Hall–Kier alpha value is -1.72. The van der Waals surface area contributed by atoms with Gasteiger partial charge in [0, 0.05) is 7.11 Å². The fourth-order valence-corrected chi connectivity index (χ4v) is 3.02. The molecule has 5 heteroatoms. The van der Waals surface area contributed by atoms with Crippen molar-refractivity contribution in [2.24, 2.45) is 0 Å². The van der Waals surface area contributed by atoms with Crippen molar-refractivity contribution in [1.82, 2.24) is 15.0 Å². The fraction of sp³-hybridized carbons (Fsp3) is 0.467. The number of rotatable bonds is 3. The van der Waals surface area contributed by atoms with Gasteiger partial charge in [-0.15, -0.1) is 5.10 Å². The van der Waals surface area contributed by atoms with Gasteiger partial charge in [-0.05, 0) is 31.4 Å². The van der Waals surface area contributed by atoms with Crippen molar-refractivity contribution in [3.05, 3.63) is 42.2 Å². The van der Waals surface area contributed by atoms with E-state index in [9.17, 15) is 5.11 Å². The molecule has 2 aromatic rings. The summed E-state index contributed by atoms with van der Waals surface area (Å²) in [5, 5.41) is 19.2. The number of para-hydroxylation sites is 1. The van der Waals surface area contributed by atoms with E-state index in [1.54, 1.807) is 18.0 Å². The number of aromatic nitrogens is 3. The van der Waals surface area contributed by atoms with Gasteiger partial charge in [0.15, 0.2) is 0 Å². The molecule has 20 heavy (non-hydrogen) atoms. The van der Waals surface area contributed by atoms with E-state index in [1.165, 1.54) is 0 Å². The lowest BCUT2D eigenvalue weighted by atomic mass is 9.80. The van der Waals surface area contributed by atoms with E-state index in [0.29, 0.717) is 12.1 Å². The van der Waals surface area contributed by atoms with Gasteiger partial charge in [0.2, 0.25) is 0 Å². The van der Waals surface area contributed by atoms with Gasteiger partial charge in [-0.1, -0.05) is 29.8 Å². The molecule has 1 aliphatic carbocycles. The zero-order valence-electron chi connectivity index (χ0n) is 11.6. The summed E-state index contributed by atoms with van der Waals surface area (Å²) >= 11 is 0. The van der Waals surface area contributed by atoms with E-state index in [1.807, 2.05) is 30.3 Å². The van der Waals surface area contributed by atoms with Crippen molar-refractivity contribution in [2.75, 3.05) is 7.11 Å². The minimum atomic E-state index is -1.02. The summed E-state index contributed by atoms with van der Waals surface area (Å²) in [5.41, 5.74) is 0.580. The van der Waals surface area contributed by atoms with Gasteiger partial charge in [-0.25, -0.2) is 4.68 Å². The highest BCUT2D eigenvalue weighted by atomic mass is 16.5. The highest BCUT2D eigenvalue weighted by Gasteiger charge is 2.43. The molecule has 106 valence electrons. The topological polar surface area (TPSA) is 60.2 Å². The van der Waals surface area contributed by atoms with Gasteiger partial charge in [0.1, 0.15) is 5.60 Å². The average molecular weight is 273 g/mol. The molecule has 0 spiro atoms. The van der Waals surface area contributed by atoms with Crippen molar-refractivity contribution in [1.29, 1.82) is 0 Å². The fourth-order valence-electron chi connectivity index (χ4n) is 3.02. The van der Waals surface area contributed by atoms with E-state index < -0.39 is 5.60 Å². The second-order valence-electron chi connectivity index (χ2n) is 5.26. The SMILES string of the molecule is COC1CCCCC1(O)c1cnnn1-c1ccccc1. The van der Waals surface area contributed by atoms with Crippen LogP contribution in [-0.2, 0) is 10.3 Å². The van der Waals surface area contributed by atoms with Crippen LogP contribution in [0, 0.1) is 0 Å². The monoisotopic (exact) mass is 273 g/mol. The smallest absolute Gasteiger partial charge is 0.134 e. The van der Waals surface area contributed by atoms with E-state index >= 15 is 0 Å². The largest absolute Gasteiger partial charge is 0.381 e. The lowest BCUT2D eigenvalue weighted by molar-refractivity contribution is -0.126. The van der Waals surface area contributed by atoms with Crippen molar-refractivity contribution < 1.29 is 9.84 Å². The highest BCUT2D eigenvalue weighted by Crippen LogP contribution is 2.39. The Bertz CT molecular complexity index is 570. The molecule has 3 rings (SSSR count). The Balaban J connectivity index is 2.04. The first-order valence-electron chi connectivity index (χ1n) is 6.97. The molecule has 0 bridgehead atoms.